The quantitative estimate of drug-likeness (QED) is 0.326. The second kappa shape index (κ2) is 12.7. The number of esters is 1. The van der Waals surface area contributed by atoms with Crippen LogP contribution < -0.4 is 0 Å². The van der Waals surface area contributed by atoms with Gasteiger partial charge in [0.25, 0.3) is 0 Å². The summed E-state index contributed by atoms with van der Waals surface area (Å²) in [5.74, 6) is 1.92. The van der Waals surface area contributed by atoms with Gasteiger partial charge in [-0.05, 0) is 19.3 Å². The number of carbonyl (C=O) groups excluding carboxylic acids is 2. The summed E-state index contributed by atoms with van der Waals surface area (Å²) < 4.78 is 10.2. The Morgan fingerprint density at radius 1 is 1.08 bits per heavy atom. The Morgan fingerprint density at radius 3 is 2.42 bits per heavy atom. The minimum absolute atomic E-state index is 0.0741. The molecule has 0 saturated carbocycles. The van der Waals surface area contributed by atoms with Gasteiger partial charge in [-0.1, -0.05) is 57.8 Å². The average Bonchev–Trinajstić information content (AvgIpc) is 3.08. The van der Waals surface area contributed by atoms with Crippen molar-refractivity contribution in [2.75, 3.05) is 19.8 Å². The molecule has 1 rings (SSSR count). The van der Waals surface area contributed by atoms with Crippen LogP contribution in [0.2, 0.25) is 0 Å². The third-order valence-electron chi connectivity index (χ3n) is 4.28. The number of likely N-dealkylation sites (tertiary alicyclic amines) is 1. The molecule has 0 spiro atoms. The molecule has 1 heterocycles. The van der Waals surface area contributed by atoms with E-state index in [0.29, 0.717) is 19.6 Å². The van der Waals surface area contributed by atoms with E-state index in [1.807, 2.05) is 0 Å². The molecule has 5 heteroatoms. The number of unbranched alkanes of at least 4 members (excludes halogenated alkanes) is 7. The van der Waals surface area contributed by atoms with Crippen molar-refractivity contribution in [2.45, 2.75) is 77.2 Å². The van der Waals surface area contributed by atoms with Crippen LogP contribution in [0.1, 0.15) is 71.1 Å². The van der Waals surface area contributed by atoms with Crippen molar-refractivity contribution in [3.63, 3.8) is 0 Å². The van der Waals surface area contributed by atoms with E-state index in [-0.39, 0.29) is 12.6 Å². The van der Waals surface area contributed by atoms with E-state index < -0.39 is 12.1 Å². The summed E-state index contributed by atoms with van der Waals surface area (Å²) in [7, 11) is 0. The van der Waals surface area contributed by atoms with E-state index in [1.165, 1.54) is 43.4 Å². The number of carbonyl (C=O) groups is 2. The maximum absolute atomic E-state index is 12.1. The molecule has 0 aromatic heterocycles. The van der Waals surface area contributed by atoms with E-state index >= 15 is 0 Å². The summed E-state index contributed by atoms with van der Waals surface area (Å²) in [5.41, 5.74) is 0. The molecule has 5 nitrogen and oxygen atoms in total. The summed E-state index contributed by atoms with van der Waals surface area (Å²) in [6.45, 7) is 3.09. The lowest BCUT2D eigenvalue weighted by atomic mass is 10.1. The lowest BCUT2D eigenvalue weighted by Crippen LogP contribution is -2.41. The Kier molecular flexibility index (Phi) is 10.8. The zero-order valence-electron chi connectivity index (χ0n) is 14.9. The summed E-state index contributed by atoms with van der Waals surface area (Å²) >= 11 is 0. The number of rotatable bonds is 11. The topological polar surface area (TPSA) is 55.8 Å². The van der Waals surface area contributed by atoms with Crippen molar-refractivity contribution in [1.82, 2.24) is 4.90 Å². The van der Waals surface area contributed by atoms with Crippen molar-refractivity contribution in [2.24, 2.45) is 0 Å². The van der Waals surface area contributed by atoms with Gasteiger partial charge >= 0.3 is 12.1 Å². The van der Waals surface area contributed by atoms with Gasteiger partial charge < -0.3 is 9.47 Å². The minimum atomic E-state index is -0.528. The highest BCUT2D eigenvalue weighted by Gasteiger charge is 2.36. The van der Waals surface area contributed by atoms with E-state index in [9.17, 15) is 9.59 Å². The number of hydrogen-bond acceptors (Lipinski definition) is 4. The van der Waals surface area contributed by atoms with Crippen LogP contribution in [0.3, 0.4) is 0 Å². The normalized spacial score (nSPS) is 16.7. The highest BCUT2D eigenvalue weighted by molar-refractivity contribution is 5.82. The second-order valence-electron chi connectivity index (χ2n) is 6.25. The molecule has 136 valence electrons. The number of ether oxygens (including phenoxy) is 2. The van der Waals surface area contributed by atoms with E-state index in [2.05, 4.69) is 12.8 Å². The van der Waals surface area contributed by atoms with Gasteiger partial charge in [0.05, 0.1) is 6.61 Å². The summed E-state index contributed by atoms with van der Waals surface area (Å²) in [6.07, 6.45) is 15.6. The Bertz CT molecular complexity index is 416. The number of terminal acetylenes is 1. The fourth-order valence-electron chi connectivity index (χ4n) is 2.92. The van der Waals surface area contributed by atoms with Crippen LogP contribution in [0.4, 0.5) is 4.79 Å². The van der Waals surface area contributed by atoms with E-state index in [1.54, 1.807) is 0 Å². The van der Waals surface area contributed by atoms with Crippen molar-refractivity contribution in [1.29, 1.82) is 0 Å². The molecule has 1 unspecified atom stereocenters. The van der Waals surface area contributed by atoms with Gasteiger partial charge in [-0.2, -0.15) is 0 Å². The first-order valence-electron chi connectivity index (χ1n) is 9.24. The minimum Gasteiger partial charge on any atom is -0.464 e. The fourth-order valence-corrected chi connectivity index (χ4v) is 2.92. The monoisotopic (exact) mass is 337 g/mol. The van der Waals surface area contributed by atoms with Crippen molar-refractivity contribution < 1.29 is 19.1 Å². The molecular formula is C19H31NO4. The molecule has 0 aliphatic carbocycles. The van der Waals surface area contributed by atoms with Crippen LogP contribution in [-0.2, 0) is 14.3 Å². The first-order chi connectivity index (χ1) is 11.7. The maximum Gasteiger partial charge on any atom is 0.411 e. The zero-order chi connectivity index (χ0) is 17.6. The average molecular weight is 337 g/mol. The summed E-state index contributed by atoms with van der Waals surface area (Å²) in [5, 5.41) is 0. The largest absolute Gasteiger partial charge is 0.464 e. The van der Waals surface area contributed by atoms with Gasteiger partial charge in [0.2, 0.25) is 0 Å². The Labute approximate surface area is 146 Å². The van der Waals surface area contributed by atoms with Crippen LogP contribution in [0.15, 0.2) is 0 Å². The SMILES string of the molecule is C#CCOC(=O)N1CCCC1C(=O)OCCCCCCCCCC. The molecule has 0 aromatic carbocycles. The molecular weight excluding hydrogens is 306 g/mol. The Morgan fingerprint density at radius 2 is 1.75 bits per heavy atom. The van der Waals surface area contributed by atoms with Crippen molar-refractivity contribution in [3.05, 3.63) is 0 Å². The van der Waals surface area contributed by atoms with Crippen LogP contribution in [0.5, 0.6) is 0 Å². The lowest BCUT2D eigenvalue weighted by molar-refractivity contribution is -0.148. The Hall–Kier alpha value is -1.70. The van der Waals surface area contributed by atoms with Gasteiger partial charge in [0.1, 0.15) is 6.04 Å². The number of nitrogens with zero attached hydrogens (tertiary/aromatic N) is 1. The Balaban J connectivity index is 2.13. The molecule has 0 radical (unpaired) electrons. The molecule has 1 aliphatic heterocycles. The van der Waals surface area contributed by atoms with E-state index in [4.69, 9.17) is 15.9 Å². The maximum atomic E-state index is 12.1. The smallest absolute Gasteiger partial charge is 0.411 e. The van der Waals surface area contributed by atoms with Crippen molar-refractivity contribution >= 4 is 12.1 Å². The third-order valence-corrected chi connectivity index (χ3v) is 4.28. The zero-order valence-corrected chi connectivity index (χ0v) is 14.9. The molecule has 0 bridgehead atoms. The van der Waals surface area contributed by atoms with Gasteiger partial charge in [0, 0.05) is 6.54 Å². The predicted octanol–water partition coefficient (Wildman–Crippen LogP) is 3.90. The first kappa shape index (κ1) is 20.3. The van der Waals surface area contributed by atoms with Crippen LogP contribution >= 0.6 is 0 Å². The van der Waals surface area contributed by atoms with Gasteiger partial charge in [-0.3, -0.25) is 4.90 Å². The molecule has 0 N–H and O–H groups in total. The summed E-state index contributed by atoms with van der Waals surface area (Å²) in [4.78, 5) is 25.4. The molecule has 1 saturated heterocycles. The number of hydrogen-bond donors (Lipinski definition) is 0. The highest BCUT2D eigenvalue weighted by Crippen LogP contribution is 2.19. The molecule has 1 amide bonds. The van der Waals surface area contributed by atoms with Gasteiger partial charge in [-0.25, -0.2) is 9.59 Å². The third kappa shape index (κ3) is 7.72. The van der Waals surface area contributed by atoms with Crippen LogP contribution in [0, 0.1) is 12.3 Å². The predicted molar refractivity (Wildman–Crippen MR) is 93.5 cm³/mol. The first-order valence-corrected chi connectivity index (χ1v) is 9.24. The number of amides is 1. The highest BCUT2D eigenvalue weighted by atomic mass is 16.6. The van der Waals surface area contributed by atoms with E-state index in [0.717, 1.165) is 19.3 Å². The fraction of sp³-hybridized carbons (Fsp3) is 0.789. The van der Waals surface area contributed by atoms with Gasteiger partial charge in [-0.15, -0.1) is 6.42 Å². The lowest BCUT2D eigenvalue weighted by Gasteiger charge is -2.22. The van der Waals surface area contributed by atoms with Gasteiger partial charge in [0.15, 0.2) is 6.61 Å². The van der Waals surface area contributed by atoms with Crippen LogP contribution in [-0.4, -0.2) is 42.8 Å². The molecule has 0 aromatic rings. The summed E-state index contributed by atoms with van der Waals surface area (Å²) in [6, 6.07) is -0.524. The second-order valence-corrected chi connectivity index (χ2v) is 6.25. The molecule has 1 aliphatic rings. The molecule has 1 atom stereocenters. The standard InChI is InChI=1S/C19H31NO4/c1-3-5-6-7-8-9-10-11-16-23-18(21)17-13-12-14-20(17)19(22)24-15-4-2/h2,17H,3,5-16H2,1H3. The molecule has 24 heavy (non-hydrogen) atoms. The molecule has 1 fully saturated rings. The van der Waals surface area contributed by atoms with Crippen molar-refractivity contribution in [3.8, 4) is 12.3 Å². The van der Waals surface area contributed by atoms with Crippen LogP contribution in [0.25, 0.3) is 0 Å².